The first-order chi connectivity index (χ1) is 9.61. The number of imidazole rings is 1. The molecular formula is C15H20ClN3O. The molecule has 0 amide bonds. The molecule has 0 spiro atoms. The van der Waals surface area contributed by atoms with E-state index in [1.165, 1.54) is 0 Å². The Morgan fingerprint density at radius 3 is 2.90 bits per heavy atom. The maximum absolute atomic E-state index is 6.34. The van der Waals surface area contributed by atoms with Gasteiger partial charge in [-0.05, 0) is 44.7 Å². The summed E-state index contributed by atoms with van der Waals surface area (Å²) in [6.07, 6.45) is 5.37. The maximum Gasteiger partial charge on any atom is 0.160 e. The zero-order valence-electron chi connectivity index (χ0n) is 12.1. The number of alkyl halides is 1. The fourth-order valence-corrected chi connectivity index (χ4v) is 3.29. The Bertz CT molecular complexity index is 623. The van der Waals surface area contributed by atoms with E-state index in [0.717, 1.165) is 41.8 Å². The van der Waals surface area contributed by atoms with Crippen LogP contribution >= 0.6 is 11.6 Å². The number of aryl methyl sites for hydroxylation is 1. The van der Waals surface area contributed by atoms with E-state index in [-0.39, 0.29) is 5.38 Å². The molecule has 1 aliphatic carbocycles. The molecule has 20 heavy (non-hydrogen) atoms. The third kappa shape index (κ3) is 2.21. The maximum atomic E-state index is 6.34. The van der Waals surface area contributed by atoms with Crippen LogP contribution in [0.25, 0.3) is 11.2 Å². The topological polar surface area (TPSA) is 39.9 Å². The summed E-state index contributed by atoms with van der Waals surface area (Å²) < 4.78 is 7.72. The SMILES string of the molecule is COC1CCC(n2c(C(C)Cl)nc3c(C)ccnc32)C1. The molecule has 0 bridgehead atoms. The highest BCUT2D eigenvalue weighted by atomic mass is 35.5. The highest BCUT2D eigenvalue weighted by Gasteiger charge is 2.30. The highest BCUT2D eigenvalue weighted by Crippen LogP contribution is 2.37. The molecule has 0 radical (unpaired) electrons. The van der Waals surface area contributed by atoms with Crippen LogP contribution in [0, 0.1) is 6.92 Å². The van der Waals surface area contributed by atoms with Gasteiger partial charge in [0.15, 0.2) is 5.65 Å². The summed E-state index contributed by atoms with van der Waals surface area (Å²) in [5.41, 5.74) is 3.07. The predicted octanol–water partition coefficient (Wildman–Crippen LogP) is 3.78. The van der Waals surface area contributed by atoms with Crippen molar-refractivity contribution >= 4 is 22.8 Å². The minimum Gasteiger partial charge on any atom is -0.381 e. The van der Waals surface area contributed by atoms with E-state index >= 15 is 0 Å². The second kappa shape index (κ2) is 5.34. The number of methoxy groups -OCH3 is 1. The molecule has 3 rings (SSSR count). The number of hydrogen-bond donors (Lipinski definition) is 0. The van der Waals surface area contributed by atoms with Crippen molar-refractivity contribution in [2.75, 3.05) is 7.11 Å². The Hall–Kier alpha value is -1.13. The van der Waals surface area contributed by atoms with Gasteiger partial charge >= 0.3 is 0 Å². The van der Waals surface area contributed by atoms with Crippen LogP contribution in [0.15, 0.2) is 12.3 Å². The lowest BCUT2D eigenvalue weighted by Crippen LogP contribution is -2.12. The fourth-order valence-electron chi connectivity index (χ4n) is 3.13. The van der Waals surface area contributed by atoms with Crippen molar-refractivity contribution in [1.29, 1.82) is 0 Å². The van der Waals surface area contributed by atoms with Crippen molar-refractivity contribution in [2.24, 2.45) is 0 Å². The van der Waals surface area contributed by atoms with Gasteiger partial charge in [-0.15, -0.1) is 11.6 Å². The summed E-state index contributed by atoms with van der Waals surface area (Å²) >= 11 is 6.34. The largest absolute Gasteiger partial charge is 0.381 e. The number of ether oxygens (including phenoxy) is 1. The molecule has 1 fully saturated rings. The van der Waals surface area contributed by atoms with E-state index in [2.05, 4.69) is 16.5 Å². The van der Waals surface area contributed by atoms with Gasteiger partial charge in [0.05, 0.1) is 11.5 Å². The number of rotatable bonds is 3. The van der Waals surface area contributed by atoms with Crippen LogP contribution in [0.2, 0.25) is 0 Å². The molecule has 1 aliphatic rings. The van der Waals surface area contributed by atoms with Crippen LogP contribution in [-0.2, 0) is 4.74 Å². The molecule has 0 aromatic carbocycles. The number of pyridine rings is 1. The van der Waals surface area contributed by atoms with Crippen LogP contribution in [0.1, 0.15) is 49.0 Å². The van der Waals surface area contributed by atoms with Crippen LogP contribution in [0.3, 0.4) is 0 Å². The van der Waals surface area contributed by atoms with E-state index in [9.17, 15) is 0 Å². The van der Waals surface area contributed by atoms with Crippen LogP contribution in [0.5, 0.6) is 0 Å². The Kier molecular flexibility index (Phi) is 3.69. The van der Waals surface area contributed by atoms with Crippen molar-refractivity contribution in [2.45, 2.75) is 50.6 Å². The molecule has 2 aromatic rings. The van der Waals surface area contributed by atoms with Gasteiger partial charge in [-0.1, -0.05) is 0 Å². The molecule has 4 nitrogen and oxygen atoms in total. The summed E-state index contributed by atoms with van der Waals surface area (Å²) in [5.74, 6) is 0.921. The summed E-state index contributed by atoms with van der Waals surface area (Å²) in [4.78, 5) is 9.28. The molecule has 2 heterocycles. The average molecular weight is 294 g/mol. The van der Waals surface area contributed by atoms with E-state index in [4.69, 9.17) is 21.3 Å². The lowest BCUT2D eigenvalue weighted by Gasteiger charge is -2.17. The first-order valence-corrected chi connectivity index (χ1v) is 7.55. The third-order valence-corrected chi connectivity index (χ3v) is 4.41. The van der Waals surface area contributed by atoms with E-state index in [1.54, 1.807) is 7.11 Å². The van der Waals surface area contributed by atoms with Gasteiger partial charge in [-0.25, -0.2) is 9.97 Å². The predicted molar refractivity (Wildman–Crippen MR) is 80.2 cm³/mol. The van der Waals surface area contributed by atoms with E-state index in [1.807, 2.05) is 19.2 Å². The summed E-state index contributed by atoms with van der Waals surface area (Å²) in [6.45, 7) is 4.04. The normalized spacial score (nSPS) is 24.4. The van der Waals surface area contributed by atoms with Crippen LogP contribution in [-0.4, -0.2) is 27.7 Å². The van der Waals surface area contributed by atoms with Gasteiger partial charge < -0.3 is 9.30 Å². The molecule has 2 aromatic heterocycles. The minimum atomic E-state index is -0.120. The van der Waals surface area contributed by atoms with Gasteiger partial charge in [-0.3, -0.25) is 0 Å². The zero-order valence-corrected chi connectivity index (χ0v) is 12.9. The van der Waals surface area contributed by atoms with Crippen molar-refractivity contribution in [3.8, 4) is 0 Å². The average Bonchev–Trinajstić information content (AvgIpc) is 3.02. The summed E-state index contributed by atoms with van der Waals surface area (Å²) in [5, 5.41) is -0.120. The van der Waals surface area contributed by atoms with E-state index in [0.29, 0.717) is 12.1 Å². The molecule has 0 N–H and O–H groups in total. The number of fused-ring (bicyclic) bond motifs is 1. The molecule has 0 saturated heterocycles. The molecule has 108 valence electrons. The van der Waals surface area contributed by atoms with Crippen molar-refractivity contribution in [3.05, 3.63) is 23.7 Å². The number of nitrogens with zero attached hydrogens (tertiary/aromatic N) is 3. The number of hydrogen-bond acceptors (Lipinski definition) is 3. The quantitative estimate of drug-likeness (QED) is 0.809. The minimum absolute atomic E-state index is 0.120. The van der Waals surface area contributed by atoms with E-state index < -0.39 is 0 Å². The van der Waals surface area contributed by atoms with Crippen molar-refractivity contribution in [1.82, 2.24) is 14.5 Å². The summed E-state index contributed by atoms with van der Waals surface area (Å²) in [6, 6.07) is 2.38. The smallest absolute Gasteiger partial charge is 0.160 e. The zero-order chi connectivity index (χ0) is 14.3. The molecule has 5 heteroatoms. The lowest BCUT2D eigenvalue weighted by molar-refractivity contribution is 0.106. The fraction of sp³-hybridized carbons (Fsp3) is 0.600. The summed E-state index contributed by atoms with van der Waals surface area (Å²) in [7, 11) is 1.78. The standard InChI is InChI=1S/C15H20ClN3O/c1-9-6-7-17-15-13(9)18-14(10(2)16)19(15)11-4-5-12(8-11)20-3/h6-7,10-12H,4-5,8H2,1-3H3. The number of aromatic nitrogens is 3. The molecule has 3 unspecified atom stereocenters. The molecule has 1 saturated carbocycles. The first-order valence-electron chi connectivity index (χ1n) is 7.12. The third-order valence-electron chi connectivity index (χ3n) is 4.22. The van der Waals surface area contributed by atoms with Gasteiger partial charge in [0.25, 0.3) is 0 Å². The van der Waals surface area contributed by atoms with Gasteiger partial charge in [0, 0.05) is 19.3 Å². The van der Waals surface area contributed by atoms with Crippen LogP contribution < -0.4 is 0 Å². The first kappa shape index (κ1) is 13.8. The Labute approximate surface area is 124 Å². The van der Waals surface area contributed by atoms with Gasteiger partial charge in [0.1, 0.15) is 11.3 Å². The Balaban J connectivity index is 2.13. The highest BCUT2D eigenvalue weighted by molar-refractivity contribution is 6.20. The lowest BCUT2D eigenvalue weighted by atomic mass is 10.2. The van der Waals surface area contributed by atoms with Crippen LogP contribution in [0.4, 0.5) is 0 Å². The Morgan fingerprint density at radius 1 is 1.45 bits per heavy atom. The second-order valence-electron chi connectivity index (χ2n) is 5.58. The van der Waals surface area contributed by atoms with Crippen molar-refractivity contribution < 1.29 is 4.74 Å². The molecular weight excluding hydrogens is 274 g/mol. The molecule has 0 aliphatic heterocycles. The Morgan fingerprint density at radius 2 is 2.25 bits per heavy atom. The number of halogens is 1. The molecule has 3 atom stereocenters. The monoisotopic (exact) mass is 293 g/mol. The van der Waals surface area contributed by atoms with Gasteiger partial charge in [0.2, 0.25) is 0 Å². The second-order valence-corrected chi connectivity index (χ2v) is 6.24. The van der Waals surface area contributed by atoms with Crippen molar-refractivity contribution in [3.63, 3.8) is 0 Å². The van der Waals surface area contributed by atoms with Gasteiger partial charge in [-0.2, -0.15) is 0 Å².